The quantitative estimate of drug-likeness (QED) is 0.378. The lowest BCUT2D eigenvalue weighted by Crippen LogP contribution is -2.14. The number of nitro groups is 1. The lowest BCUT2D eigenvalue weighted by Gasteiger charge is -2.11. The molecule has 0 spiro atoms. The molecule has 0 N–H and O–H groups in total. The third-order valence-electron chi connectivity index (χ3n) is 4.57. The highest BCUT2D eigenvalue weighted by Gasteiger charge is 2.24. The minimum Gasteiger partial charge on any atom is -0.497 e. The predicted octanol–water partition coefficient (Wildman–Crippen LogP) is 3.40. The van der Waals surface area contributed by atoms with E-state index in [1.54, 1.807) is 20.1 Å². The summed E-state index contributed by atoms with van der Waals surface area (Å²) in [6.45, 7) is 5.27. The van der Waals surface area contributed by atoms with Crippen LogP contribution >= 0.6 is 0 Å². The van der Waals surface area contributed by atoms with Gasteiger partial charge in [0.05, 0.1) is 7.11 Å². The number of aryl methyl sites for hydroxylation is 2. The molecule has 2 heterocycles. The molecule has 8 nitrogen and oxygen atoms in total. The molecule has 1 aromatic carbocycles. The molecule has 0 aliphatic heterocycles. The molecule has 140 valence electrons. The highest BCUT2D eigenvalue weighted by atomic mass is 16.6. The fourth-order valence-electron chi connectivity index (χ4n) is 3.22. The molecule has 0 amide bonds. The Kier molecular flexibility index (Phi) is 4.81. The maximum Gasteiger partial charge on any atom is 0.343 e. The summed E-state index contributed by atoms with van der Waals surface area (Å²) in [6.07, 6.45) is 1.17. The number of hydrogen-bond acceptors (Lipinski definition) is 5. The number of hydrogen-bond donors (Lipinski definition) is 0. The summed E-state index contributed by atoms with van der Waals surface area (Å²) in [5, 5.41) is 11.1. The van der Waals surface area contributed by atoms with E-state index < -0.39 is 4.92 Å². The van der Waals surface area contributed by atoms with Crippen LogP contribution in [0.3, 0.4) is 0 Å². The van der Waals surface area contributed by atoms with Gasteiger partial charge in [-0.1, -0.05) is 6.07 Å². The van der Waals surface area contributed by atoms with Crippen LogP contribution in [-0.4, -0.2) is 31.9 Å². The van der Waals surface area contributed by atoms with Gasteiger partial charge in [-0.25, -0.2) is 9.55 Å². The Morgan fingerprint density at radius 2 is 2.00 bits per heavy atom. The number of imidazole rings is 1. The molecule has 0 saturated heterocycles. The standard InChI is InChI=1S/C19H20N4O4/c1-12-8-17(13(2)22(12)15-6-5-7-16(9-15)27-4)18(24)11-21-14(3)20-10-19(21)23(25)26/h5-10H,11H2,1-4H3. The van der Waals surface area contributed by atoms with Gasteiger partial charge in [-0.15, -0.1) is 0 Å². The van der Waals surface area contributed by atoms with Crippen LogP contribution in [0, 0.1) is 30.9 Å². The average molecular weight is 368 g/mol. The molecule has 0 saturated carbocycles. The second kappa shape index (κ2) is 7.06. The highest BCUT2D eigenvalue weighted by molar-refractivity contribution is 5.97. The third kappa shape index (κ3) is 3.33. The van der Waals surface area contributed by atoms with E-state index in [1.807, 2.05) is 42.7 Å². The number of Topliss-reactive ketones (excluding diaryl/α,β-unsaturated/α-hetero) is 1. The number of ether oxygens (including phenoxy) is 1. The van der Waals surface area contributed by atoms with Crippen molar-refractivity contribution in [2.75, 3.05) is 7.11 Å². The smallest absolute Gasteiger partial charge is 0.343 e. The van der Waals surface area contributed by atoms with Crippen molar-refractivity contribution < 1.29 is 14.5 Å². The van der Waals surface area contributed by atoms with Crippen molar-refractivity contribution in [1.82, 2.24) is 14.1 Å². The maximum atomic E-state index is 12.9. The first-order chi connectivity index (χ1) is 12.8. The van der Waals surface area contributed by atoms with E-state index in [2.05, 4.69) is 4.98 Å². The molecule has 0 bridgehead atoms. The van der Waals surface area contributed by atoms with E-state index >= 15 is 0 Å². The van der Waals surface area contributed by atoms with Gasteiger partial charge in [0.15, 0.2) is 12.4 Å². The van der Waals surface area contributed by atoms with Crippen LogP contribution in [0.2, 0.25) is 0 Å². The van der Waals surface area contributed by atoms with Crippen molar-refractivity contribution in [3.8, 4) is 11.4 Å². The van der Waals surface area contributed by atoms with Crippen molar-refractivity contribution in [1.29, 1.82) is 0 Å². The van der Waals surface area contributed by atoms with Crippen LogP contribution in [0.15, 0.2) is 36.5 Å². The van der Waals surface area contributed by atoms with Crippen molar-refractivity contribution in [2.45, 2.75) is 27.3 Å². The molecule has 0 aliphatic carbocycles. The van der Waals surface area contributed by atoms with Crippen molar-refractivity contribution >= 4 is 11.6 Å². The van der Waals surface area contributed by atoms with Gasteiger partial charge >= 0.3 is 5.82 Å². The normalized spacial score (nSPS) is 10.8. The zero-order chi connectivity index (χ0) is 19.7. The first kappa shape index (κ1) is 18.4. The van der Waals surface area contributed by atoms with E-state index in [9.17, 15) is 14.9 Å². The van der Waals surface area contributed by atoms with E-state index in [0.717, 1.165) is 22.8 Å². The fourth-order valence-corrected chi connectivity index (χ4v) is 3.22. The summed E-state index contributed by atoms with van der Waals surface area (Å²) < 4.78 is 8.56. The number of carbonyl (C=O) groups is 1. The van der Waals surface area contributed by atoms with E-state index in [0.29, 0.717) is 11.4 Å². The van der Waals surface area contributed by atoms with Gasteiger partial charge in [0.1, 0.15) is 11.9 Å². The van der Waals surface area contributed by atoms with Crippen molar-refractivity contribution in [3.63, 3.8) is 0 Å². The second-order valence-electron chi connectivity index (χ2n) is 6.25. The maximum absolute atomic E-state index is 12.9. The first-order valence-electron chi connectivity index (χ1n) is 8.36. The molecule has 3 aromatic rings. The Morgan fingerprint density at radius 1 is 1.26 bits per heavy atom. The van der Waals surface area contributed by atoms with Crippen LogP contribution in [0.5, 0.6) is 5.75 Å². The molecule has 2 aromatic heterocycles. The first-order valence-corrected chi connectivity index (χ1v) is 8.36. The number of aromatic nitrogens is 3. The van der Waals surface area contributed by atoms with Gasteiger partial charge < -0.3 is 19.4 Å². The lowest BCUT2D eigenvalue weighted by molar-refractivity contribution is -0.392. The zero-order valence-electron chi connectivity index (χ0n) is 15.6. The summed E-state index contributed by atoms with van der Waals surface area (Å²) in [7, 11) is 1.60. The van der Waals surface area contributed by atoms with Crippen LogP contribution in [0.1, 0.15) is 27.6 Å². The molecule has 0 aliphatic rings. The molecule has 8 heteroatoms. The van der Waals surface area contributed by atoms with E-state index in [-0.39, 0.29) is 18.1 Å². The number of ketones is 1. The summed E-state index contributed by atoms with van der Waals surface area (Å²) in [5.74, 6) is 0.748. The molecule has 0 unspecified atom stereocenters. The van der Waals surface area contributed by atoms with E-state index in [4.69, 9.17) is 4.74 Å². The monoisotopic (exact) mass is 368 g/mol. The SMILES string of the molecule is COc1cccc(-n2c(C)cc(C(=O)Cn3c([N+](=O)[O-])cnc3C)c2C)c1. The second-order valence-corrected chi connectivity index (χ2v) is 6.25. The number of carbonyl (C=O) groups excluding carboxylic acids is 1. The zero-order valence-corrected chi connectivity index (χ0v) is 15.6. The lowest BCUT2D eigenvalue weighted by atomic mass is 10.1. The molecule has 0 radical (unpaired) electrons. The Hall–Kier alpha value is -3.42. The highest BCUT2D eigenvalue weighted by Crippen LogP contribution is 2.25. The fraction of sp³-hybridized carbons (Fsp3) is 0.263. The van der Waals surface area contributed by atoms with Gasteiger partial charge in [-0.2, -0.15) is 0 Å². The Balaban J connectivity index is 1.98. The Morgan fingerprint density at radius 3 is 2.67 bits per heavy atom. The number of nitrogens with zero attached hydrogens (tertiary/aromatic N) is 4. The number of benzene rings is 1. The van der Waals surface area contributed by atoms with Gasteiger partial charge in [0, 0.05) is 35.6 Å². The van der Waals surface area contributed by atoms with Crippen molar-refractivity contribution in [2.24, 2.45) is 0 Å². The van der Waals surface area contributed by atoms with Crippen LogP contribution in [0.4, 0.5) is 5.82 Å². The van der Waals surface area contributed by atoms with Crippen LogP contribution in [-0.2, 0) is 6.54 Å². The molecule has 0 fully saturated rings. The molecule has 0 atom stereocenters. The molecular formula is C19H20N4O4. The molecule has 27 heavy (non-hydrogen) atoms. The number of methoxy groups -OCH3 is 1. The summed E-state index contributed by atoms with van der Waals surface area (Å²) in [5.41, 5.74) is 3.07. The topological polar surface area (TPSA) is 92.2 Å². The van der Waals surface area contributed by atoms with Gasteiger partial charge in [0.2, 0.25) is 5.78 Å². The average Bonchev–Trinajstić information content (AvgIpc) is 3.14. The Bertz CT molecular complexity index is 1030. The largest absolute Gasteiger partial charge is 0.497 e. The van der Waals surface area contributed by atoms with Crippen molar-refractivity contribution in [3.05, 3.63) is 69.4 Å². The summed E-state index contributed by atoms with van der Waals surface area (Å²) in [6, 6.07) is 9.35. The van der Waals surface area contributed by atoms with Gasteiger partial charge in [-0.05, 0) is 37.0 Å². The van der Waals surface area contributed by atoms with E-state index in [1.165, 1.54) is 10.8 Å². The Labute approximate surface area is 156 Å². The van der Waals surface area contributed by atoms with Crippen LogP contribution in [0.25, 0.3) is 5.69 Å². The minimum atomic E-state index is -0.535. The summed E-state index contributed by atoms with van der Waals surface area (Å²) in [4.78, 5) is 27.4. The third-order valence-corrected chi connectivity index (χ3v) is 4.57. The molecular weight excluding hydrogens is 348 g/mol. The van der Waals surface area contributed by atoms with Gasteiger partial charge in [-0.3, -0.25) is 4.79 Å². The van der Waals surface area contributed by atoms with Gasteiger partial charge in [0.25, 0.3) is 0 Å². The van der Waals surface area contributed by atoms with Crippen LogP contribution < -0.4 is 4.74 Å². The summed E-state index contributed by atoms with van der Waals surface area (Å²) >= 11 is 0. The minimum absolute atomic E-state index is 0.134. The number of rotatable bonds is 6. The molecule has 3 rings (SSSR count). The predicted molar refractivity (Wildman–Crippen MR) is 99.7 cm³/mol.